The first-order valence-corrected chi connectivity index (χ1v) is 10.0. The van der Waals surface area contributed by atoms with Crippen molar-refractivity contribution in [3.8, 4) is 17.7 Å². The number of ether oxygens (including phenoxy) is 1. The lowest BCUT2D eigenvalue weighted by atomic mass is 9.93. The van der Waals surface area contributed by atoms with E-state index < -0.39 is 23.4 Å². The molecule has 0 saturated heterocycles. The second-order valence-corrected chi connectivity index (χ2v) is 8.30. The molecule has 3 atom stereocenters. The van der Waals surface area contributed by atoms with Crippen molar-refractivity contribution in [3.63, 3.8) is 0 Å². The van der Waals surface area contributed by atoms with Crippen molar-refractivity contribution < 1.29 is 18.7 Å². The molecule has 2 heterocycles. The number of amides is 3. The van der Waals surface area contributed by atoms with Crippen LogP contribution in [0, 0.1) is 23.7 Å². The van der Waals surface area contributed by atoms with Crippen molar-refractivity contribution >= 4 is 40.2 Å². The fourth-order valence-corrected chi connectivity index (χ4v) is 3.29. The van der Waals surface area contributed by atoms with Gasteiger partial charge in [-0.3, -0.25) is 4.79 Å². The molecule has 30 heavy (non-hydrogen) atoms. The highest BCUT2D eigenvalue weighted by Gasteiger charge is 2.35. The predicted molar refractivity (Wildman–Crippen MR) is 114 cm³/mol. The van der Waals surface area contributed by atoms with E-state index in [1.807, 2.05) is 0 Å². The molecule has 1 fully saturated rings. The van der Waals surface area contributed by atoms with Crippen LogP contribution in [0.3, 0.4) is 0 Å². The Morgan fingerprint density at radius 2 is 2.07 bits per heavy atom. The summed E-state index contributed by atoms with van der Waals surface area (Å²) in [5.41, 5.74) is 4.03. The molecule has 0 spiro atoms. The first kappa shape index (κ1) is 21.7. The number of hydrogen-bond acceptors (Lipinski definition) is 6. The summed E-state index contributed by atoms with van der Waals surface area (Å²) in [5.74, 6) is 4.95. The molecule has 0 radical (unpaired) electrons. The molecule has 1 saturated carbocycles. The van der Waals surface area contributed by atoms with Crippen LogP contribution in [0.25, 0.3) is 0 Å². The van der Waals surface area contributed by atoms with Crippen molar-refractivity contribution in [1.29, 1.82) is 0 Å². The van der Waals surface area contributed by atoms with Gasteiger partial charge in [-0.05, 0) is 19.4 Å². The molecule has 0 unspecified atom stereocenters. The molecule has 3 amide bonds. The van der Waals surface area contributed by atoms with Crippen LogP contribution in [-0.4, -0.2) is 37.9 Å². The summed E-state index contributed by atoms with van der Waals surface area (Å²) >= 11 is 2.28. The molecular formula is C19H18FIN6O3. The van der Waals surface area contributed by atoms with Crippen molar-refractivity contribution in [1.82, 2.24) is 20.3 Å². The standard InChI is InChI=1S/C19H18FIN6O3/c1-19(27-18(22)29,4-3-10-5-13(10)21)12-6-11(7-25-16(12)20)26-17(28)14-8-24-15(30-2)9-23-14/h6-10,13H,5H2,1-2H3,(H,26,28)(H3,22,27,29)/t10-,13+,19-/m1/s1. The summed E-state index contributed by atoms with van der Waals surface area (Å²) in [7, 11) is 1.43. The second-order valence-electron chi connectivity index (χ2n) is 6.70. The van der Waals surface area contributed by atoms with Gasteiger partial charge in [0.25, 0.3) is 5.91 Å². The van der Waals surface area contributed by atoms with Crippen molar-refractivity contribution in [2.75, 3.05) is 12.4 Å². The molecule has 4 N–H and O–H groups in total. The zero-order valence-electron chi connectivity index (χ0n) is 16.1. The number of carbonyl (C=O) groups excluding carboxylic acids is 2. The minimum absolute atomic E-state index is 0.0290. The number of nitrogens with two attached hydrogens (primary N) is 1. The Bertz CT molecular complexity index is 1040. The summed E-state index contributed by atoms with van der Waals surface area (Å²) in [6, 6.07) is 0.479. The van der Waals surface area contributed by atoms with Gasteiger partial charge >= 0.3 is 6.03 Å². The lowest BCUT2D eigenvalue weighted by Gasteiger charge is -2.25. The maximum atomic E-state index is 14.6. The minimum atomic E-state index is -1.43. The molecule has 156 valence electrons. The van der Waals surface area contributed by atoms with Gasteiger partial charge < -0.3 is 21.1 Å². The number of pyridine rings is 1. The van der Waals surface area contributed by atoms with Crippen molar-refractivity contribution in [2.45, 2.75) is 22.8 Å². The zero-order chi connectivity index (χ0) is 21.9. The first-order valence-electron chi connectivity index (χ1n) is 8.79. The van der Waals surface area contributed by atoms with E-state index in [0.29, 0.717) is 3.92 Å². The summed E-state index contributed by atoms with van der Waals surface area (Å²) in [5, 5.41) is 5.04. The quantitative estimate of drug-likeness (QED) is 0.237. The fraction of sp³-hybridized carbons (Fsp3) is 0.316. The molecule has 9 nitrogen and oxygen atoms in total. The van der Waals surface area contributed by atoms with E-state index in [1.54, 1.807) is 0 Å². The van der Waals surface area contributed by atoms with Gasteiger partial charge in [-0.15, -0.1) is 0 Å². The van der Waals surface area contributed by atoms with E-state index in [2.05, 4.69) is 60.0 Å². The van der Waals surface area contributed by atoms with E-state index >= 15 is 0 Å². The number of halogens is 2. The largest absolute Gasteiger partial charge is 0.480 e. The summed E-state index contributed by atoms with van der Waals surface area (Å²) in [6.45, 7) is 1.52. The number of urea groups is 1. The Balaban J connectivity index is 1.88. The third kappa shape index (κ3) is 5.12. The van der Waals surface area contributed by atoms with Gasteiger partial charge in [-0.1, -0.05) is 34.4 Å². The lowest BCUT2D eigenvalue weighted by molar-refractivity contribution is 0.102. The normalized spacial score (nSPS) is 18.9. The number of aromatic nitrogens is 3. The van der Waals surface area contributed by atoms with Gasteiger partial charge in [-0.25, -0.2) is 19.7 Å². The molecule has 2 aromatic rings. The van der Waals surface area contributed by atoms with Crippen molar-refractivity contribution in [3.05, 3.63) is 41.9 Å². The van der Waals surface area contributed by atoms with Crippen LogP contribution >= 0.6 is 22.6 Å². The van der Waals surface area contributed by atoms with Gasteiger partial charge in [0.1, 0.15) is 11.2 Å². The third-order valence-electron chi connectivity index (χ3n) is 4.30. The summed E-state index contributed by atoms with van der Waals surface area (Å²) in [4.78, 5) is 35.5. The Labute approximate surface area is 185 Å². The molecule has 11 heteroatoms. The van der Waals surface area contributed by atoms with Crippen LogP contribution in [0.1, 0.15) is 29.4 Å². The maximum Gasteiger partial charge on any atom is 0.313 e. The first-order chi connectivity index (χ1) is 14.2. The zero-order valence-corrected chi connectivity index (χ0v) is 18.2. The van der Waals surface area contributed by atoms with Crippen molar-refractivity contribution in [2.24, 2.45) is 11.7 Å². The Morgan fingerprint density at radius 1 is 1.33 bits per heavy atom. The molecular weight excluding hydrogens is 506 g/mol. The fourth-order valence-electron chi connectivity index (χ4n) is 2.56. The topological polar surface area (TPSA) is 132 Å². The predicted octanol–water partition coefficient (Wildman–Crippen LogP) is 1.98. The molecule has 3 rings (SSSR count). The second kappa shape index (κ2) is 8.78. The average molecular weight is 524 g/mol. The van der Waals surface area contributed by atoms with Crippen LogP contribution in [0.4, 0.5) is 14.9 Å². The van der Waals surface area contributed by atoms with E-state index in [4.69, 9.17) is 10.5 Å². The van der Waals surface area contributed by atoms with Gasteiger partial charge in [0.2, 0.25) is 11.8 Å². The smallest absolute Gasteiger partial charge is 0.313 e. The number of nitrogens with zero attached hydrogens (tertiary/aromatic N) is 3. The third-order valence-corrected chi connectivity index (χ3v) is 5.68. The van der Waals surface area contributed by atoms with Crippen LogP contribution in [0.15, 0.2) is 24.7 Å². The molecule has 0 bridgehead atoms. The highest BCUT2D eigenvalue weighted by molar-refractivity contribution is 14.1. The number of nitrogens with one attached hydrogen (secondary N) is 2. The summed E-state index contributed by atoms with van der Waals surface area (Å²) in [6.07, 6.45) is 4.62. The maximum absolute atomic E-state index is 14.6. The van der Waals surface area contributed by atoms with E-state index in [0.717, 1.165) is 12.6 Å². The Hall–Kier alpha value is -3.01. The minimum Gasteiger partial charge on any atom is -0.480 e. The van der Waals surface area contributed by atoms with Crippen LogP contribution in [0.5, 0.6) is 5.88 Å². The van der Waals surface area contributed by atoms with Gasteiger partial charge in [-0.2, -0.15) is 4.39 Å². The van der Waals surface area contributed by atoms with Gasteiger partial charge in [0.15, 0.2) is 0 Å². The molecule has 0 aromatic carbocycles. The SMILES string of the molecule is COc1cnc(C(=O)Nc2cnc(F)c([C@@](C)(C#C[C@@H]3C[C@@H]3I)NC(N)=O)c2)cn1. The number of carbonyl (C=O) groups is 2. The van der Waals surface area contributed by atoms with E-state index in [-0.39, 0.29) is 28.7 Å². The highest BCUT2D eigenvalue weighted by atomic mass is 127. The van der Waals surface area contributed by atoms with Crippen LogP contribution in [-0.2, 0) is 5.54 Å². The number of anilines is 1. The molecule has 0 aliphatic heterocycles. The van der Waals surface area contributed by atoms with Crippen LogP contribution in [0.2, 0.25) is 0 Å². The number of hydrogen-bond donors (Lipinski definition) is 3. The average Bonchev–Trinajstić information content (AvgIpc) is 3.42. The molecule has 1 aliphatic carbocycles. The lowest BCUT2D eigenvalue weighted by Crippen LogP contribution is -2.46. The summed E-state index contributed by atoms with van der Waals surface area (Å²) < 4.78 is 19.9. The Kier molecular flexibility index (Phi) is 6.35. The number of primary amides is 1. The number of methoxy groups -OCH3 is 1. The van der Waals surface area contributed by atoms with Gasteiger partial charge in [0, 0.05) is 15.4 Å². The van der Waals surface area contributed by atoms with Gasteiger partial charge in [0.05, 0.1) is 31.4 Å². The monoisotopic (exact) mass is 524 g/mol. The number of rotatable bonds is 5. The molecule has 1 aliphatic rings. The highest BCUT2D eigenvalue weighted by Crippen LogP contribution is 2.38. The van der Waals surface area contributed by atoms with E-state index in [1.165, 1.54) is 32.5 Å². The number of alkyl halides is 1. The van der Waals surface area contributed by atoms with E-state index in [9.17, 15) is 14.0 Å². The van der Waals surface area contributed by atoms with Crippen LogP contribution < -0.4 is 21.1 Å². The molecule has 2 aromatic heterocycles. The Morgan fingerprint density at radius 3 is 2.63 bits per heavy atom.